The van der Waals surface area contributed by atoms with Gasteiger partial charge in [0.1, 0.15) is 0 Å². The molecule has 1 N–H and O–H groups in total. The van der Waals surface area contributed by atoms with Crippen molar-refractivity contribution in [2.24, 2.45) is 0 Å². The third-order valence-corrected chi connectivity index (χ3v) is 4.26. The third-order valence-electron chi connectivity index (χ3n) is 3.15. The van der Waals surface area contributed by atoms with E-state index in [2.05, 4.69) is 15.4 Å². The highest BCUT2D eigenvalue weighted by Crippen LogP contribution is 2.24. The zero-order chi connectivity index (χ0) is 16.2. The molecule has 6 nitrogen and oxygen atoms in total. The Hall–Kier alpha value is -2.38. The molecular formula is C15H13ClN4O2S. The van der Waals surface area contributed by atoms with Gasteiger partial charge in [0.2, 0.25) is 0 Å². The van der Waals surface area contributed by atoms with Crippen LogP contribution < -0.4 is 5.32 Å². The van der Waals surface area contributed by atoms with Crippen LogP contribution in [-0.4, -0.2) is 27.8 Å². The SMILES string of the molecule is COC(=O)c1ccc(-n2cccn2)c(NCc2cnc(Cl)s2)c1. The number of thiazole rings is 1. The Bertz CT molecular complexity index is 817. The molecule has 0 bridgehead atoms. The topological polar surface area (TPSA) is 69.0 Å². The van der Waals surface area contributed by atoms with Crippen molar-refractivity contribution in [2.75, 3.05) is 12.4 Å². The molecule has 3 rings (SSSR count). The number of rotatable bonds is 5. The van der Waals surface area contributed by atoms with E-state index in [0.717, 1.165) is 16.3 Å². The predicted octanol–water partition coefficient (Wildman–Crippen LogP) is 3.38. The predicted molar refractivity (Wildman–Crippen MR) is 89.4 cm³/mol. The standard InChI is InChI=1S/C15H13ClN4O2S/c1-22-14(21)10-3-4-13(20-6-2-5-19-20)12(7-10)17-8-11-9-18-15(16)23-11/h2-7,9,17H,8H2,1H3. The summed E-state index contributed by atoms with van der Waals surface area (Å²) >= 11 is 7.25. The van der Waals surface area contributed by atoms with Gasteiger partial charge in [0, 0.05) is 23.5 Å². The van der Waals surface area contributed by atoms with Gasteiger partial charge in [-0.15, -0.1) is 11.3 Å². The summed E-state index contributed by atoms with van der Waals surface area (Å²) in [4.78, 5) is 16.7. The van der Waals surface area contributed by atoms with E-state index in [0.29, 0.717) is 16.6 Å². The molecule has 3 aromatic rings. The Morgan fingerprint density at radius 3 is 3.00 bits per heavy atom. The molecule has 8 heteroatoms. The Labute approximate surface area is 141 Å². The van der Waals surface area contributed by atoms with E-state index in [1.165, 1.54) is 18.4 Å². The van der Waals surface area contributed by atoms with E-state index >= 15 is 0 Å². The minimum absolute atomic E-state index is 0.388. The Kier molecular flexibility index (Phi) is 4.59. The molecule has 118 valence electrons. The highest BCUT2D eigenvalue weighted by atomic mass is 35.5. The summed E-state index contributed by atoms with van der Waals surface area (Å²) in [7, 11) is 1.36. The van der Waals surface area contributed by atoms with Crippen LogP contribution in [0.15, 0.2) is 42.9 Å². The van der Waals surface area contributed by atoms with Crippen molar-refractivity contribution in [2.45, 2.75) is 6.54 Å². The molecule has 2 heterocycles. The van der Waals surface area contributed by atoms with Crippen molar-refractivity contribution in [3.63, 3.8) is 0 Å². The monoisotopic (exact) mass is 348 g/mol. The molecule has 0 aliphatic carbocycles. The number of ether oxygens (including phenoxy) is 1. The number of carbonyl (C=O) groups excluding carboxylic acids is 1. The minimum Gasteiger partial charge on any atom is -0.465 e. The quantitative estimate of drug-likeness (QED) is 0.716. The molecule has 0 atom stereocenters. The maximum atomic E-state index is 11.7. The van der Waals surface area contributed by atoms with Crippen molar-refractivity contribution in [1.82, 2.24) is 14.8 Å². The normalized spacial score (nSPS) is 10.5. The second-order valence-electron chi connectivity index (χ2n) is 4.61. The van der Waals surface area contributed by atoms with Crippen LogP contribution in [0.5, 0.6) is 0 Å². The number of methoxy groups -OCH3 is 1. The van der Waals surface area contributed by atoms with Crippen LogP contribution in [0.4, 0.5) is 5.69 Å². The van der Waals surface area contributed by atoms with E-state index in [9.17, 15) is 4.79 Å². The van der Waals surface area contributed by atoms with Crippen molar-refractivity contribution in [3.8, 4) is 5.69 Å². The fraction of sp³-hybridized carbons (Fsp3) is 0.133. The summed E-state index contributed by atoms with van der Waals surface area (Å²) < 4.78 is 7.00. The molecule has 0 saturated carbocycles. The molecule has 0 fully saturated rings. The van der Waals surface area contributed by atoms with Crippen LogP contribution in [0.2, 0.25) is 4.47 Å². The van der Waals surface area contributed by atoms with Gasteiger partial charge in [-0.05, 0) is 24.3 Å². The largest absolute Gasteiger partial charge is 0.465 e. The van der Waals surface area contributed by atoms with Crippen LogP contribution in [0, 0.1) is 0 Å². The molecule has 0 amide bonds. The summed E-state index contributed by atoms with van der Waals surface area (Å²) in [6.45, 7) is 0.545. The van der Waals surface area contributed by atoms with E-state index in [1.807, 2.05) is 18.3 Å². The number of nitrogens with one attached hydrogen (secondary N) is 1. The maximum Gasteiger partial charge on any atom is 0.337 e. The highest BCUT2D eigenvalue weighted by Gasteiger charge is 2.12. The number of benzene rings is 1. The Morgan fingerprint density at radius 1 is 1.48 bits per heavy atom. The first-order valence-electron chi connectivity index (χ1n) is 6.74. The summed E-state index contributed by atoms with van der Waals surface area (Å²) in [5, 5.41) is 7.52. The van der Waals surface area contributed by atoms with E-state index in [-0.39, 0.29) is 5.97 Å². The molecule has 0 saturated heterocycles. The number of aromatic nitrogens is 3. The Balaban J connectivity index is 1.91. The van der Waals surface area contributed by atoms with Crippen molar-refractivity contribution >= 4 is 34.6 Å². The van der Waals surface area contributed by atoms with Gasteiger partial charge in [-0.25, -0.2) is 14.5 Å². The van der Waals surface area contributed by atoms with Crippen molar-refractivity contribution in [3.05, 3.63) is 57.8 Å². The lowest BCUT2D eigenvalue weighted by atomic mass is 10.1. The number of nitrogens with zero attached hydrogens (tertiary/aromatic N) is 3. The Morgan fingerprint density at radius 2 is 2.35 bits per heavy atom. The van der Waals surface area contributed by atoms with Crippen molar-refractivity contribution < 1.29 is 9.53 Å². The number of carbonyl (C=O) groups is 1. The first-order chi connectivity index (χ1) is 11.2. The number of halogens is 1. The summed E-state index contributed by atoms with van der Waals surface area (Å²) in [6, 6.07) is 7.10. The lowest BCUT2D eigenvalue weighted by Crippen LogP contribution is -2.07. The van der Waals surface area contributed by atoms with E-state index < -0.39 is 0 Å². The van der Waals surface area contributed by atoms with Gasteiger partial charge in [0.25, 0.3) is 0 Å². The van der Waals surface area contributed by atoms with Gasteiger partial charge in [-0.3, -0.25) is 0 Å². The highest BCUT2D eigenvalue weighted by molar-refractivity contribution is 7.15. The first-order valence-corrected chi connectivity index (χ1v) is 7.93. The van der Waals surface area contributed by atoms with Gasteiger partial charge in [0.15, 0.2) is 4.47 Å². The van der Waals surface area contributed by atoms with Crippen LogP contribution in [0.3, 0.4) is 0 Å². The zero-order valence-corrected chi connectivity index (χ0v) is 13.8. The molecule has 23 heavy (non-hydrogen) atoms. The average Bonchev–Trinajstić information content (AvgIpc) is 3.23. The average molecular weight is 349 g/mol. The van der Waals surface area contributed by atoms with Crippen LogP contribution in [0.25, 0.3) is 5.69 Å². The van der Waals surface area contributed by atoms with Crippen LogP contribution >= 0.6 is 22.9 Å². The summed E-state index contributed by atoms with van der Waals surface area (Å²) in [5.74, 6) is -0.388. The molecule has 2 aromatic heterocycles. The third kappa shape index (κ3) is 3.52. The molecule has 0 aliphatic heterocycles. The summed E-state index contributed by atoms with van der Waals surface area (Å²) in [5.41, 5.74) is 2.06. The summed E-state index contributed by atoms with van der Waals surface area (Å²) in [6.07, 6.45) is 5.25. The van der Waals surface area contributed by atoms with Gasteiger partial charge in [0.05, 0.1) is 30.6 Å². The zero-order valence-electron chi connectivity index (χ0n) is 12.2. The van der Waals surface area contributed by atoms with Crippen molar-refractivity contribution in [1.29, 1.82) is 0 Å². The second-order valence-corrected chi connectivity index (χ2v) is 6.30. The fourth-order valence-electron chi connectivity index (χ4n) is 2.08. The van der Waals surface area contributed by atoms with Gasteiger partial charge >= 0.3 is 5.97 Å². The molecular weight excluding hydrogens is 336 g/mol. The van der Waals surface area contributed by atoms with E-state index in [4.69, 9.17) is 16.3 Å². The number of hydrogen-bond donors (Lipinski definition) is 1. The molecule has 0 aliphatic rings. The smallest absolute Gasteiger partial charge is 0.337 e. The van der Waals surface area contributed by atoms with Crippen LogP contribution in [0.1, 0.15) is 15.2 Å². The number of hydrogen-bond acceptors (Lipinski definition) is 6. The van der Waals surface area contributed by atoms with Gasteiger partial charge in [-0.1, -0.05) is 11.6 Å². The lowest BCUT2D eigenvalue weighted by Gasteiger charge is -2.13. The molecule has 0 unspecified atom stereocenters. The fourth-order valence-corrected chi connectivity index (χ4v) is 3.00. The van der Waals surface area contributed by atoms with Crippen LogP contribution in [-0.2, 0) is 11.3 Å². The molecule has 0 spiro atoms. The van der Waals surface area contributed by atoms with Gasteiger partial charge in [-0.2, -0.15) is 5.10 Å². The second kappa shape index (κ2) is 6.80. The van der Waals surface area contributed by atoms with Gasteiger partial charge < -0.3 is 10.1 Å². The molecule has 1 aromatic carbocycles. The molecule has 0 radical (unpaired) electrons. The minimum atomic E-state index is -0.388. The maximum absolute atomic E-state index is 11.7. The van der Waals surface area contributed by atoms with E-state index in [1.54, 1.807) is 29.2 Å². The first kappa shape index (κ1) is 15.5. The number of esters is 1. The lowest BCUT2D eigenvalue weighted by molar-refractivity contribution is 0.0601. The number of anilines is 1.